The largest absolute Gasteiger partial charge is 0.494 e. The van der Waals surface area contributed by atoms with E-state index in [1.807, 2.05) is 0 Å². The molecule has 0 unspecified atom stereocenters. The summed E-state index contributed by atoms with van der Waals surface area (Å²) in [5, 5.41) is 2.52. The molecular weight excluding hydrogens is 366 g/mol. The molecule has 0 atom stereocenters. The van der Waals surface area contributed by atoms with E-state index in [-0.39, 0.29) is 17.2 Å². The van der Waals surface area contributed by atoms with Gasteiger partial charge in [-0.1, -0.05) is 6.07 Å². The predicted molar refractivity (Wildman–Crippen MR) is 101 cm³/mol. The van der Waals surface area contributed by atoms with Gasteiger partial charge >= 0.3 is 0 Å². The SMILES string of the molecule is COc1ccc(NC(=O)/C=C/c2ccc(Oc3cccnc3)c(F)c2)cc1F. The van der Waals surface area contributed by atoms with Crippen molar-refractivity contribution in [1.82, 2.24) is 4.98 Å². The number of aromatic nitrogens is 1. The smallest absolute Gasteiger partial charge is 0.248 e. The molecule has 0 saturated heterocycles. The van der Waals surface area contributed by atoms with Gasteiger partial charge in [0, 0.05) is 24.0 Å². The molecule has 0 aliphatic carbocycles. The first kappa shape index (κ1) is 19.0. The Kier molecular flexibility index (Phi) is 5.96. The van der Waals surface area contributed by atoms with Gasteiger partial charge in [0.1, 0.15) is 5.75 Å². The molecule has 0 aliphatic rings. The van der Waals surface area contributed by atoms with E-state index in [1.165, 1.54) is 49.7 Å². The van der Waals surface area contributed by atoms with Gasteiger partial charge in [-0.2, -0.15) is 0 Å². The van der Waals surface area contributed by atoms with Gasteiger partial charge in [-0.05, 0) is 48.0 Å². The quantitative estimate of drug-likeness (QED) is 0.622. The third-order valence-corrected chi connectivity index (χ3v) is 3.66. The van der Waals surface area contributed by atoms with Gasteiger partial charge in [-0.15, -0.1) is 0 Å². The number of nitrogens with one attached hydrogen (secondary N) is 1. The first-order valence-electron chi connectivity index (χ1n) is 8.25. The summed E-state index contributed by atoms with van der Waals surface area (Å²) in [6.07, 6.45) is 5.72. The minimum absolute atomic E-state index is 0.0447. The number of halogens is 2. The minimum Gasteiger partial charge on any atom is -0.494 e. The number of ether oxygens (including phenoxy) is 2. The number of nitrogens with zero attached hydrogens (tertiary/aromatic N) is 1. The van der Waals surface area contributed by atoms with Crippen LogP contribution in [0, 0.1) is 11.6 Å². The average Bonchev–Trinajstić information content (AvgIpc) is 2.69. The van der Waals surface area contributed by atoms with Crippen molar-refractivity contribution < 1.29 is 23.0 Å². The second-order valence-corrected chi connectivity index (χ2v) is 5.65. The van der Waals surface area contributed by atoms with Gasteiger partial charge in [0.25, 0.3) is 0 Å². The number of hydrogen-bond donors (Lipinski definition) is 1. The third kappa shape index (κ3) is 4.91. The van der Waals surface area contributed by atoms with Gasteiger partial charge in [0.2, 0.25) is 5.91 Å². The van der Waals surface area contributed by atoms with Crippen LogP contribution in [0.1, 0.15) is 5.56 Å². The van der Waals surface area contributed by atoms with E-state index in [0.29, 0.717) is 11.3 Å². The number of pyridine rings is 1. The van der Waals surface area contributed by atoms with Crippen molar-refractivity contribution >= 4 is 17.7 Å². The topological polar surface area (TPSA) is 60.5 Å². The summed E-state index contributed by atoms with van der Waals surface area (Å²) in [5.41, 5.74) is 0.742. The number of anilines is 1. The van der Waals surface area contributed by atoms with Crippen LogP contribution in [0.25, 0.3) is 6.08 Å². The molecule has 1 heterocycles. The third-order valence-electron chi connectivity index (χ3n) is 3.66. The highest BCUT2D eigenvalue weighted by Crippen LogP contribution is 2.25. The fraction of sp³-hybridized carbons (Fsp3) is 0.0476. The Morgan fingerprint density at radius 3 is 2.54 bits per heavy atom. The molecule has 142 valence electrons. The summed E-state index contributed by atoms with van der Waals surface area (Å²) in [6.45, 7) is 0. The van der Waals surface area contributed by atoms with E-state index in [4.69, 9.17) is 9.47 Å². The highest BCUT2D eigenvalue weighted by Gasteiger charge is 2.07. The van der Waals surface area contributed by atoms with Crippen molar-refractivity contribution in [3.8, 4) is 17.2 Å². The zero-order chi connectivity index (χ0) is 19.9. The molecule has 1 amide bonds. The van der Waals surface area contributed by atoms with Crippen molar-refractivity contribution in [3.63, 3.8) is 0 Å². The Bertz CT molecular complexity index is 1010. The van der Waals surface area contributed by atoms with Crippen molar-refractivity contribution in [3.05, 3.63) is 84.2 Å². The van der Waals surface area contributed by atoms with E-state index < -0.39 is 17.5 Å². The monoisotopic (exact) mass is 382 g/mol. The molecule has 0 aliphatic heterocycles. The maximum atomic E-state index is 14.2. The Morgan fingerprint density at radius 1 is 1.07 bits per heavy atom. The number of rotatable bonds is 6. The Labute approximate surface area is 160 Å². The highest BCUT2D eigenvalue weighted by molar-refractivity contribution is 6.01. The van der Waals surface area contributed by atoms with Gasteiger partial charge in [0.05, 0.1) is 13.3 Å². The highest BCUT2D eigenvalue weighted by atomic mass is 19.1. The van der Waals surface area contributed by atoms with Crippen LogP contribution in [0.15, 0.2) is 67.0 Å². The molecule has 2 aromatic carbocycles. The van der Waals surface area contributed by atoms with Crippen LogP contribution in [0.2, 0.25) is 0 Å². The summed E-state index contributed by atoms with van der Waals surface area (Å²) < 4.78 is 38.1. The second kappa shape index (κ2) is 8.77. The van der Waals surface area contributed by atoms with Crippen LogP contribution in [-0.2, 0) is 4.79 Å². The van der Waals surface area contributed by atoms with Crippen molar-refractivity contribution in [2.24, 2.45) is 0 Å². The van der Waals surface area contributed by atoms with Crippen molar-refractivity contribution in [2.45, 2.75) is 0 Å². The Balaban J connectivity index is 1.64. The van der Waals surface area contributed by atoms with Crippen LogP contribution >= 0.6 is 0 Å². The summed E-state index contributed by atoms with van der Waals surface area (Å²) >= 11 is 0. The van der Waals surface area contributed by atoms with E-state index in [0.717, 1.165) is 6.07 Å². The van der Waals surface area contributed by atoms with E-state index >= 15 is 0 Å². The van der Waals surface area contributed by atoms with E-state index in [1.54, 1.807) is 24.4 Å². The van der Waals surface area contributed by atoms with E-state index in [9.17, 15) is 13.6 Å². The fourth-order valence-corrected chi connectivity index (χ4v) is 2.34. The van der Waals surface area contributed by atoms with Gasteiger partial charge in [0.15, 0.2) is 23.1 Å². The molecule has 1 N–H and O–H groups in total. The lowest BCUT2D eigenvalue weighted by atomic mass is 10.2. The van der Waals surface area contributed by atoms with Crippen molar-refractivity contribution in [1.29, 1.82) is 0 Å². The molecule has 0 radical (unpaired) electrons. The lowest BCUT2D eigenvalue weighted by Gasteiger charge is -2.07. The molecule has 0 saturated carbocycles. The first-order chi connectivity index (χ1) is 13.5. The van der Waals surface area contributed by atoms with Crippen molar-refractivity contribution in [2.75, 3.05) is 12.4 Å². The lowest BCUT2D eigenvalue weighted by Crippen LogP contribution is -2.08. The van der Waals surface area contributed by atoms with E-state index in [2.05, 4.69) is 10.3 Å². The number of carbonyl (C=O) groups excluding carboxylic acids is 1. The zero-order valence-electron chi connectivity index (χ0n) is 14.9. The lowest BCUT2D eigenvalue weighted by molar-refractivity contribution is -0.111. The molecule has 0 spiro atoms. The number of benzene rings is 2. The molecule has 1 aromatic heterocycles. The molecule has 28 heavy (non-hydrogen) atoms. The van der Waals surface area contributed by atoms with Crippen LogP contribution in [0.3, 0.4) is 0 Å². The van der Waals surface area contributed by atoms with Gasteiger partial charge < -0.3 is 14.8 Å². The molecule has 7 heteroatoms. The first-order valence-corrected chi connectivity index (χ1v) is 8.25. The van der Waals surface area contributed by atoms with Crippen LogP contribution < -0.4 is 14.8 Å². The number of hydrogen-bond acceptors (Lipinski definition) is 4. The van der Waals surface area contributed by atoms with Gasteiger partial charge in [-0.25, -0.2) is 8.78 Å². The molecular formula is C21H16F2N2O3. The Hall–Kier alpha value is -3.74. The zero-order valence-corrected chi connectivity index (χ0v) is 14.9. The van der Waals surface area contributed by atoms with Crippen LogP contribution in [0.4, 0.5) is 14.5 Å². The summed E-state index contributed by atoms with van der Waals surface area (Å²) in [7, 11) is 1.35. The molecule has 3 rings (SSSR count). The number of methoxy groups -OCH3 is 1. The second-order valence-electron chi connectivity index (χ2n) is 5.65. The summed E-state index contributed by atoms with van der Waals surface area (Å²) in [4.78, 5) is 15.9. The standard InChI is InChI=1S/C21H16F2N2O3/c1-27-19-8-6-15(12-18(19)23)25-21(26)9-5-14-4-7-20(17(22)11-14)28-16-3-2-10-24-13-16/h2-13H,1H3,(H,25,26)/b9-5+. The normalized spacial score (nSPS) is 10.7. The van der Waals surface area contributed by atoms with Crippen LogP contribution in [0.5, 0.6) is 17.2 Å². The maximum absolute atomic E-state index is 14.2. The maximum Gasteiger partial charge on any atom is 0.248 e. The number of amides is 1. The molecule has 3 aromatic rings. The predicted octanol–water partition coefficient (Wildman–Crippen LogP) is 4.81. The average molecular weight is 382 g/mol. The van der Waals surface area contributed by atoms with Gasteiger partial charge in [-0.3, -0.25) is 9.78 Å². The summed E-state index contributed by atoms with van der Waals surface area (Å²) in [6, 6.07) is 11.7. The minimum atomic E-state index is -0.587. The molecule has 0 bridgehead atoms. The number of carbonyl (C=O) groups is 1. The van der Waals surface area contributed by atoms with Crippen LogP contribution in [-0.4, -0.2) is 18.0 Å². The molecule has 5 nitrogen and oxygen atoms in total. The fourth-order valence-electron chi connectivity index (χ4n) is 2.34. The molecule has 0 fully saturated rings. The summed E-state index contributed by atoms with van der Waals surface area (Å²) in [5.74, 6) is -1.11. The Morgan fingerprint density at radius 2 is 1.86 bits per heavy atom.